The minimum Gasteiger partial charge on any atom is -0.355 e. The van der Waals surface area contributed by atoms with E-state index in [9.17, 15) is 14.9 Å². The van der Waals surface area contributed by atoms with E-state index < -0.39 is 4.92 Å². The third kappa shape index (κ3) is 5.28. The number of nitro benzene ring substituents is 1. The molecule has 1 aromatic heterocycles. The Balaban J connectivity index is 1.34. The molecule has 6 nitrogen and oxygen atoms in total. The smallest absolute Gasteiger partial charge is 0.270 e. The van der Waals surface area contributed by atoms with Crippen molar-refractivity contribution in [1.29, 1.82) is 0 Å². The van der Waals surface area contributed by atoms with Crippen LogP contribution in [-0.4, -0.2) is 15.7 Å². The van der Waals surface area contributed by atoms with Crippen molar-refractivity contribution in [3.05, 3.63) is 142 Å². The Labute approximate surface area is 208 Å². The number of fused-ring (bicyclic) bond motifs is 1. The van der Waals surface area contributed by atoms with Crippen molar-refractivity contribution in [2.24, 2.45) is 0 Å². The van der Waals surface area contributed by atoms with Gasteiger partial charge in [-0.25, -0.2) is 0 Å². The molecule has 176 valence electrons. The van der Waals surface area contributed by atoms with E-state index in [1.54, 1.807) is 30.5 Å². The second-order valence-electron chi connectivity index (χ2n) is 8.61. The van der Waals surface area contributed by atoms with Gasteiger partial charge in [0.15, 0.2) is 5.78 Å². The number of ketones is 1. The Kier molecular flexibility index (Phi) is 6.49. The monoisotopic (exact) mass is 473 g/mol. The molecule has 5 aromatic rings. The maximum Gasteiger partial charge on any atom is 0.270 e. The van der Waals surface area contributed by atoms with Crippen LogP contribution in [0.15, 0.2) is 109 Å². The first-order chi connectivity index (χ1) is 17.5. The summed E-state index contributed by atoms with van der Waals surface area (Å²) in [5.74, 6) is 0.0192. The fourth-order valence-electron chi connectivity index (χ4n) is 4.25. The van der Waals surface area contributed by atoms with Gasteiger partial charge in [0, 0.05) is 47.1 Å². The molecule has 0 atom stereocenters. The van der Waals surface area contributed by atoms with Crippen LogP contribution in [0.25, 0.3) is 10.9 Å². The first-order valence-electron chi connectivity index (χ1n) is 11.6. The molecule has 0 aliphatic rings. The lowest BCUT2D eigenvalue weighted by molar-refractivity contribution is -0.384. The van der Waals surface area contributed by atoms with E-state index in [-0.39, 0.29) is 11.5 Å². The van der Waals surface area contributed by atoms with Crippen molar-refractivity contribution in [2.75, 3.05) is 5.32 Å². The lowest BCUT2D eigenvalue weighted by Crippen LogP contribution is -2.05. The second kappa shape index (κ2) is 10.2. The highest BCUT2D eigenvalue weighted by atomic mass is 16.6. The summed E-state index contributed by atoms with van der Waals surface area (Å²) in [6.45, 7) is 0. The highest BCUT2D eigenvalue weighted by Crippen LogP contribution is 2.29. The quantitative estimate of drug-likeness (QED) is 0.150. The Morgan fingerprint density at radius 1 is 0.806 bits per heavy atom. The van der Waals surface area contributed by atoms with E-state index in [0.717, 1.165) is 17.7 Å². The minimum atomic E-state index is -0.426. The maximum absolute atomic E-state index is 13.1. The zero-order valence-corrected chi connectivity index (χ0v) is 19.4. The fourth-order valence-corrected chi connectivity index (χ4v) is 4.25. The summed E-state index contributed by atoms with van der Waals surface area (Å²) in [6, 6.07) is 32.0. The van der Waals surface area contributed by atoms with E-state index in [0.29, 0.717) is 28.6 Å². The lowest BCUT2D eigenvalue weighted by Gasteiger charge is -2.11. The molecule has 0 aliphatic heterocycles. The number of non-ortho nitro benzene ring substituents is 1. The summed E-state index contributed by atoms with van der Waals surface area (Å²) < 4.78 is 0. The van der Waals surface area contributed by atoms with Crippen molar-refractivity contribution in [1.82, 2.24) is 4.98 Å². The van der Waals surface area contributed by atoms with Gasteiger partial charge < -0.3 is 5.32 Å². The average Bonchev–Trinajstić information content (AvgIpc) is 2.89. The molecule has 0 bridgehead atoms. The van der Waals surface area contributed by atoms with E-state index in [2.05, 4.69) is 34.6 Å². The summed E-state index contributed by atoms with van der Waals surface area (Å²) in [6.07, 6.45) is 2.77. The number of anilines is 2. The molecule has 0 fully saturated rings. The van der Waals surface area contributed by atoms with Crippen LogP contribution in [0.1, 0.15) is 27.0 Å². The molecule has 1 N–H and O–H groups in total. The van der Waals surface area contributed by atoms with Gasteiger partial charge in [-0.3, -0.25) is 19.9 Å². The van der Waals surface area contributed by atoms with Gasteiger partial charge in [0.1, 0.15) is 0 Å². The van der Waals surface area contributed by atoms with Crippen molar-refractivity contribution < 1.29 is 9.72 Å². The molecular formula is C30H23N3O3. The molecule has 4 aromatic carbocycles. The number of nitrogens with zero attached hydrogens (tertiary/aromatic N) is 2. The molecule has 0 amide bonds. The van der Waals surface area contributed by atoms with Gasteiger partial charge in [-0.1, -0.05) is 66.7 Å². The highest BCUT2D eigenvalue weighted by molar-refractivity contribution is 5.99. The van der Waals surface area contributed by atoms with Gasteiger partial charge in [0.2, 0.25) is 0 Å². The van der Waals surface area contributed by atoms with Crippen LogP contribution < -0.4 is 5.32 Å². The molecular weight excluding hydrogens is 450 g/mol. The van der Waals surface area contributed by atoms with Crippen LogP contribution in [0.4, 0.5) is 17.1 Å². The van der Waals surface area contributed by atoms with E-state index in [1.165, 1.54) is 23.3 Å². The normalized spacial score (nSPS) is 10.8. The van der Waals surface area contributed by atoms with E-state index in [4.69, 9.17) is 0 Å². The summed E-state index contributed by atoms with van der Waals surface area (Å²) in [4.78, 5) is 28.2. The molecule has 0 unspecified atom stereocenters. The second-order valence-corrected chi connectivity index (χ2v) is 8.61. The van der Waals surface area contributed by atoms with Crippen LogP contribution in [-0.2, 0) is 12.8 Å². The van der Waals surface area contributed by atoms with Gasteiger partial charge >= 0.3 is 0 Å². The van der Waals surface area contributed by atoms with Gasteiger partial charge in [0.05, 0.1) is 10.4 Å². The first kappa shape index (κ1) is 22.9. The molecule has 0 saturated carbocycles. The molecule has 6 heteroatoms. The topological polar surface area (TPSA) is 85.1 Å². The summed E-state index contributed by atoms with van der Waals surface area (Å²) in [7, 11) is 0. The third-order valence-corrected chi connectivity index (χ3v) is 6.01. The van der Waals surface area contributed by atoms with Crippen LogP contribution in [0.5, 0.6) is 0 Å². The number of aromatic nitrogens is 1. The van der Waals surface area contributed by atoms with Crippen molar-refractivity contribution in [2.45, 2.75) is 12.8 Å². The zero-order chi connectivity index (χ0) is 24.9. The zero-order valence-electron chi connectivity index (χ0n) is 19.4. The van der Waals surface area contributed by atoms with Crippen molar-refractivity contribution >= 4 is 33.7 Å². The largest absolute Gasteiger partial charge is 0.355 e. The fraction of sp³-hybridized carbons (Fsp3) is 0.0667. The number of Topliss-reactive ketones (excluding diaryl/α,β-unsaturated/α-hetero) is 1. The van der Waals surface area contributed by atoms with Crippen LogP contribution in [0, 0.1) is 10.1 Å². The predicted octanol–water partition coefficient (Wildman–Crippen LogP) is 6.90. The van der Waals surface area contributed by atoms with Crippen molar-refractivity contribution in [3.8, 4) is 0 Å². The van der Waals surface area contributed by atoms with Gasteiger partial charge in [-0.2, -0.15) is 0 Å². The summed E-state index contributed by atoms with van der Waals surface area (Å²) in [5.41, 5.74) is 6.01. The number of carbonyl (C=O) groups is 1. The lowest BCUT2D eigenvalue weighted by atomic mass is 9.98. The van der Waals surface area contributed by atoms with Crippen LogP contribution in [0.3, 0.4) is 0 Å². The predicted molar refractivity (Wildman–Crippen MR) is 142 cm³/mol. The Morgan fingerprint density at radius 2 is 1.58 bits per heavy atom. The van der Waals surface area contributed by atoms with Gasteiger partial charge in [0.25, 0.3) is 5.69 Å². The third-order valence-electron chi connectivity index (χ3n) is 6.01. The first-order valence-corrected chi connectivity index (χ1v) is 11.6. The number of pyridine rings is 1. The summed E-state index contributed by atoms with van der Waals surface area (Å²) in [5, 5.41) is 15.2. The van der Waals surface area contributed by atoms with Crippen LogP contribution in [0.2, 0.25) is 0 Å². The number of hydrogen-bond donors (Lipinski definition) is 1. The number of nitro groups is 1. The SMILES string of the molecule is O=C(Cc1cccc(Cc2ccccc2)c1)c1cccc(Nc2ccnc3ccc([N+](=O)[O-])cc23)c1. The average molecular weight is 474 g/mol. The molecule has 0 aliphatic carbocycles. The molecule has 36 heavy (non-hydrogen) atoms. The maximum atomic E-state index is 13.1. The number of nitrogens with one attached hydrogen (secondary N) is 1. The van der Waals surface area contributed by atoms with Gasteiger partial charge in [-0.05, 0) is 47.4 Å². The molecule has 1 heterocycles. The van der Waals surface area contributed by atoms with E-state index in [1.807, 2.05) is 42.5 Å². The minimum absolute atomic E-state index is 0.00280. The Morgan fingerprint density at radius 3 is 2.42 bits per heavy atom. The molecule has 0 saturated heterocycles. The highest BCUT2D eigenvalue weighted by Gasteiger charge is 2.12. The van der Waals surface area contributed by atoms with Crippen molar-refractivity contribution in [3.63, 3.8) is 0 Å². The van der Waals surface area contributed by atoms with E-state index >= 15 is 0 Å². The molecule has 5 rings (SSSR count). The molecule has 0 radical (unpaired) electrons. The molecule has 0 spiro atoms. The summed E-state index contributed by atoms with van der Waals surface area (Å²) >= 11 is 0. The standard InChI is InChI=1S/C30H23N3O3/c34-30(18-23-9-4-8-22(17-23)16-21-6-2-1-3-7-21)24-10-5-11-25(19-24)32-29-14-15-31-28-13-12-26(33(35)36)20-27(28)29/h1-15,17,19-20H,16,18H2,(H,31,32). The number of benzene rings is 4. The van der Waals surface area contributed by atoms with Gasteiger partial charge in [-0.15, -0.1) is 0 Å². The van der Waals surface area contributed by atoms with Crippen LogP contribution >= 0.6 is 0 Å². The number of hydrogen-bond acceptors (Lipinski definition) is 5. The Bertz CT molecular complexity index is 1560. The number of rotatable bonds is 8. The number of carbonyl (C=O) groups excluding carboxylic acids is 1. The Hall–Kier alpha value is -4.84.